The van der Waals surface area contributed by atoms with Crippen molar-refractivity contribution in [3.63, 3.8) is 0 Å². The quantitative estimate of drug-likeness (QED) is 0.864. The SMILES string of the molecule is COCC1(C(=O)N2CC(C)OC(c3ccc(F)cc3)C2)CCNCC1.Cl. The number of ether oxygens (including phenoxy) is 2. The largest absolute Gasteiger partial charge is 0.384 e. The Morgan fingerprint density at radius 2 is 1.96 bits per heavy atom. The van der Waals surface area contributed by atoms with E-state index < -0.39 is 5.41 Å². The van der Waals surface area contributed by atoms with Gasteiger partial charge in [0.2, 0.25) is 5.91 Å². The van der Waals surface area contributed by atoms with E-state index in [1.54, 1.807) is 19.2 Å². The molecule has 146 valence electrons. The predicted octanol–water partition coefficient (Wildman–Crippen LogP) is 2.55. The fourth-order valence-corrected chi connectivity index (χ4v) is 3.92. The molecule has 7 heteroatoms. The van der Waals surface area contributed by atoms with Gasteiger partial charge in [-0.1, -0.05) is 12.1 Å². The lowest BCUT2D eigenvalue weighted by Crippen LogP contribution is -2.55. The molecule has 2 heterocycles. The Morgan fingerprint density at radius 3 is 2.58 bits per heavy atom. The van der Waals surface area contributed by atoms with Crippen molar-refractivity contribution in [1.82, 2.24) is 10.2 Å². The highest BCUT2D eigenvalue weighted by molar-refractivity contribution is 5.85. The number of hydrogen-bond acceptors (Lipinski definition) is 4. The smallest absolute Gasteiger partial charge is 0.231 e. The number of halogens is 2. The third-order valence-corrected chi connectivity index (χ3v) is 5.22. The van der Waals surface area contributed by atoms with Gasteiger partial charge in [-0.05, 0) is 50.6 Å². The maximum Gasteiger partial charge on any atom is 0.231 e. The molecule has 1 N–H and O–H groups in total. The summed E-state index contributed by atoms with van der Waals surface area (Å²) in [5.74, 6) is -0.118. The van der Waals surface area contributed by atoms with Crippen LogP contribution in [0.4, 0.5) is 4.39 Å². The van der Waals surface area contributed by atoms with E-state index in [9.17, 15) is 9.18 Å². The number of carbonyl (C=O) groups is 1. The van der Waals surface area contributed by atoms with Gasteiger partial charge in [0.15, 0.2) is 0 Å². The fourth-order valence-electron chi connectivity index (χ4n) is 3.92. The Morgan fingerprint density at radius 1 is 1.31 bits per heavy atom. The van der Waals surface area contributed by atoms with Crippen molar-refractivity contribution in [1.29, 1.82) is 0 Å². The van der Waals surface area contributed by atoms with Gasteiger partial charge in [0.25, 0.3) is 0 Å². The number of morpholine rings is 1. The summed E-state index contributed by atoms with van der Waals surface area (Å²) in [4.78, 5) is 15.3. The van der Waals surface area contributed by atoms with E-state index in [2.05, 4.69) is 5.32 Å². The van der Waals surface area contributed by atoms with Gasteiger partial charge in [-0.25, -0.2) is 4.39 Å². The zero-order valence-corrected chi connectivity index (χ0v) is 16.2. The van der Waals surface area contributed by atoms with Gasteiger partial charge in [-0.15, -0.1) is 12.4 Å². The van der Waals surface area contributed by atoms with Crippen molar-refractivity contribution >= 4 is 18.3 Å². The van der Waals surface area contributed by atoms with Gasteiger partial charge in [0, 0.05) is 13.7 Å². The average molecular weight is 387 g/mol. The van der Waals surface area contributed by atoms with Crippen LogP contribution in [0.3, 0.4) is 0 Å². The normalized spacial score (nSPS) is 25.4. The molecule has 2 saturated heterocycles. The molecule has 1 aromatic rings. The molecule has 0 aromatic heterocycles. The molecule has 2 unspecified atom stereocenters. The molecule has 0 radical (unpaired) electrons. The number of benzene rings is 1. The lowest BCUT2D eigenvalue weighted by molar-refractivity contribution is -0.160. The average Bonchev–Trinajstić information content (AvgIpc) is 2.62. The van der Waals surface area contributed by atoms with Crippen LogP contribution in [0.2, 0.25) is 0 Å². The number of methoxy groups -OCH3 is 1. The first kappa shape index (κ1) is 21.1. The maximum atomic E-state index is 13.3. The van der Waals surface area contributed by atoms with Crippen LogP contribution in [0, 0.1) is 11.2 Å². The van der Waals surface area contributed by atoms with Crippen LogP contribution in [-0.4, -0.2) is 56.8 Å². The predicted molar refractivity (Wildman–Crippen MR) is 99.9 cm³/mol. The summed E-state index contributed by atoms with van der Waals surface area (Å²) in [6, 6.07) is 6.33. The van der Waals surface area contributed by atoms with Crippen LogP contribution in [0.15, 0.2) is 24.3 Å². The standard InChI is InChI=1S/C19H27FN2O3.ClH/c1-14-11-22(12-17(25-14)15-3-5-16(20)6-4-15)18(23)19(13-24-2)7-9-21-10-8-19;/h3-6,14,17,21H,7-13H2,1-2H3;1H. The van der Waals surface area contributed by atoms with Gasteiger partial charge in [-0.3, -0.25) is 4.79 Å². The van der Waals surface area contributed by atoms with Gasteiger partial charge >= 0.3 is 0 Å². The number of piperidine rings is 1. The molecule has 3 rings (SSSR count). The van der Waals surface area contributed by atoms with Gasteiger partial charge in [0.05, 0.1) is 24.7 Å². The zero-order valence-electron chi connectivity index (χ0n) is 15.4. The van der Waals surface area contributed by atoms with E-state index in [1.165, 1.54) is 12.1 Å². The molecule has 26 heavy (non-hydrogen) atoms. The Labute approximate surface area is 160 Å². The van der Waals surface area contributed by atoms with Crippen LogP contribution >= 0.6 is 12.4 Å². The summed E-state index contributed by atoms with van der Waals surface area (Å²) in [7, 11) is 1.65. The third-order valence-electron chi connectivity index (χ3n) is 5.22. The van der Waals surface area contributed by atoms with E-state index in [0.29, 0.717) is 19.7 Å². The Hall–Kier alpha value is -1.21. The molecule has 1 amide bonds. The highest BCUT2D eigenvalue weighted by atomic mass is 35.5. The number of nitrogens with zero attached hydrogens (tertiary/aromatic N) is 1. The summed E-state index contributed by atoms with van der Waals surface area (Å²) in [6.45, 7) is 5.15. The van der Waals surface area contributed by atoms with Crippen molar-refractivity contribution in [3.8, 4) is 0 Å². The first-order valence-electron chi connectivity index (χ1n) is 8.94. The molecule has 5 nitrogen and oxygen atoms in total. The van der Waals surface area contributed by atoms with Gasteiger partial charge in [0.1, 0.15) is 11.9 Å². The number of amides is 1. The molecule has 0 saturated carbocycles. The lowest BCUT2D eigenvalue weighted by atomic mass is 9.78. The fraction of sp³-hybridized carbons (Fsp3) is 0.632. The highest BCUT2D eigenvalue weighted by Crippen LogP contribution is 2.34. The van der Waals surface area contributed by atoms with Gasteiger partial charge < -0.3 is 19.7 Å². The first-order chi connectivity index (χ1) is 12.0. The lowest BCUT2D eigenvalue weighted by Gasteiger charge is -2.44. The van der Waals surface area contributed by atoms with Crippen LogP contribution in [0.5, 0.6) is 0 Å². The summed E-state index contributed by atoms with van der Waals surface area (Å²) >= 11 is 0. The van der Waals surface area contributed by atoms with Crippen LogP contribution in [0.1, 0.15) is 31.4 Å². The van der Waals surface area contributed by atoms with Crippen LogP contribution in [0.25, 0.3) is 0 Å². The number of carbonyl (C=O) groups excluding carboxylic acids is 1. The van der Waals surface area contributed by atoms with Crippen LogP contribution < -0.4 is 5.32 Å². The Bertz CT molecular complexity index is 587. The first-order valence-corrected chi connectivity index (χ1v) is 8.94. The maximum absolute atomic E-state index is 13.3. The van der Waals surface area contributed by atoms with E-state index in [1.807, 2.05) is 11.8 Å². The van der Waals surface area contributed by atoms with Crippen molar-refractivity contribution in [2.75, 3.05) is 39.9 Å². The monoisotopic (exact) mass is 386 g/mol. The molecular formula is C19H28ClFN2O3. The summed E-state index contributed by atoms with van der Waals surface area (Å²) in [6.07, 6.45) is 1.28. The highest BCUT2D eigenvalue weighted by Gasteiger charge is 2.44. The second-order valence-corrected chi connectivity index (χ2v) is 7.16. The van der Waals surface area contributed by atoms with Crippen molar-refractivity contribution in [2.24, 2.45) is 5.41 Å². The molecule has 1 aromatic carbocycles. The summed E-state index contributed by atoms with van der Waals surface area (Å²) < 4.78 is 24.6. The third kappa shape index (κ3) is 4.55. The Balaban J connectivity index is 0.00000243. The summed E-state index contributed by atoms with van der Waals surface area (Å²) in [5, 5.41) is 3.32. The van der Waals surface area contributed by atoms with E-state index in [0.717, 1.165) is 31.5 Å². The van der Waals surface area contributed by atoms with Crippen LogP contribution in [-0.2, 0) is 14.3 Å². The number of rotatable bonds is 4. The second kappa shape index (κ2) is 9.13. The molecule has 2 aliphatic rings. The zero-order chi connectivity index (χ0) is 17.9. The van der Waals surface area contributed by atoms with Crippen molar-refractivity contribution < 1.29 is 18.7 Å². The Kier molecular flexibility index (Phi) is 7.41. The van der Waals surface area contributed by atoms with E-state index >= 15 is 0 Å². The minimum atomic E-state index is -0.454. The molecule has 2 aliphatic heterocycles. The van der Waals surface area contributed by atoms with Crippen molar-refractivity contribution in [2.45, 2.75) is 32.0 Å². The molecule has 0 bridgehead atoms. The minimum absolute atomic E-state index is 0. The van der Waals surface area contributed by atoms with E-state index in [4.69, 9.17) is 9.47 Å². The second-order valence-electron chi connectivity index (χ2n) is 7.16. The number of nitrogens with one attached hydrogen (secondary N) is 1. The minimum Gasteiger partial charge on any atom is -0.384 e. The number of hydrogen-bond donors (Lipinski definition) is 1. The molecule has 2 fully saturated rings. The topological polar surface area (TPSA) is 50.8 Å². The molecule has 2 atom stereocenters. The van der Waals surface area contributed by atoms with Crippen molar-refractivity contribution in [3.05, 3.63) is 35.6 Å². The van der Waals surface area contributed by atoms with E-state index in [-0.39, 0.29) is 36.3 Å². The summed E-state index contributed by atoms with van der Waals surface area (Å²) in [5.41, 5.74) is 0.446. The molecular weight excluding hydrogens is 359 g/mol. The molecule has 0 aliphatic carbocycles. The van der Waals surface area contributed by atoms with Gasteiger partial charge in [-0.2, -0.15) is 0 Å². The molecule has 0 spiro atoms.